The number of benzene rings is 1. The van der Waals surface area contributed by atoms with Gasteiger partial charge in [0.2, 0.25) is 0 Å². The zero-order valence-corrected chi connectivity index (χ0v) is 12.3. The molecule has 0 amide bonds. The van der Waals surface area contributed by atoms with Crippen LogP contribution in [-0.2, 0) is 5.41 Å². The van der Waals surface area contributed by atoms with Crippen LogP contribution in [0.15, 0.2) is 24.3 Å². The molecular formula is C17H19NO4. The molecule has 1 fully saturated rings. The lowest BCUT2D eigenvalue weighted by molar-refractivity contribution is -0.0823. The maximum atomic E-state index is 10.9. The molecule has 1 aromatic rings. The highest BCUT2D eigenvalue weighted by Gasteiger charge is 2.66. The zero-order valence-electron chi connectivity index (χ0n) is 12.3. The van der Waals surface area contributed by atoms with Crippen molar-refractivity contribution in [3.8, 4) is 11.5 Å². The smallest absolute Gasteiger partial charge is 0.165 e. The molecule has 2 bridgehead atoms. The number of piperidine rings is 1. The summed E-state index contributed by atoms with van der Waals surface area (Å²) in [6, 6.07) is 3.37. The summed E-state index contributed by atoms with van der Waals surface area (Å²) in [7, 11) is 2.04. The third kappa shape index (κ3) is 1.20. The van der Waals surface area contributed by atoms with Crippen LogP contribution in [-0.4, -0.2) is 52.1 Å². The molecule has 5 rings (SSSR count). The van der Waals surface area contributed by atoms with E-state index in [2.05, 4.69) is 4.90 Å². The van der Waals surface area contributed by atoms with Gasteiger partial charge in [-0.05, 0) is 31.6 Å². The van der Waals surface area contributed by atoms with Crippen molar-refractivity contribution in [3.05, 3.63) is 35.4 Å². The fraction of sp³-hybridized carbons (Fsp3) is 0.529. The summed E-state index contributed by atoms with van der Waals surface area (Å²) in [5.41, 5.74) is 1.42. The van der Waals surface area contributed by atoms with Gasteiger partial charge in [-0.3, -0.25) is 4.90 Å². The van der Waals surface area contributed by atoms with Crippen LogP contribution in [0.1, 0.15) is 23.7 Å². The molecule has 2 aliphatic carbocycles. The lowest BCUT2D eigenvalue weighted by Gasteiger charge is -2.57. The first-order valence-electron chi connectivity index (χ1n) is 7.83. The van der Waals surface area contributed by atoms with Crippen molar-refractivity contribution in [2.75, 3.05) is 13.6 Å². The minimum absolute atomic E-state index is 0.0217. The summed E-state index contributed by atoms with van der Waals surface area (Å²) in [4.78, 5) is 2.20. The van der Waals surface area contributed by atoms with Crippen LogP contribution in [0, 0.1) is 5.92 Å². The van der Waals surface area contributed by atoms with E-state index in [1.807, 2.05) is 13.1 Å². The van der Waals surface area contributed by atoms with E-state index in [4.69, 9.17) is 4.74 Å². The van der Waals surface area contributed by atoms with Gasteiger partial charge in [-0.25, -0.2) is 0 Å². The minimum Gasteiger partial charge on any atom is -0.504 e. The summed E-state index contributed by atoms with van der Waals surface area (Å²) < 4.78 is 6.02. The molecule has 3 N–H and O–H groups in total. The Labute approximate surface area is 128 Å². The van der Waals surface area contributed by atoms with E-state index >= 15 is 0 Å². The van der Waals surface area contributed by atoms with Crippen molar-refractivity contribution in [3.63, 3.8) is 0 Å². The Kier molecular flexibility index (Phi) is 2.26. The van der Waals surface area contributed by atoms with Crippen molar-refractivity contribution in [2.24, 2.45) is 5.92 Å². The number of likely N-dealkylation sites (N-methyl/N-ethyl adjacent to an activating group) is 1. The molecule has 0 saturated carbocycles. The van der Waals surface area contributed by atoms with Gasteiger partial charge in [0, 0.05) is 22.9 Å². The molecule has 22 heavy (non-hydrogen) atoms. The number of rotatable bonds is 0. The van der Waals surface area contributed by atoms with Gasteiger partial charge in [-0.1, -0.05) is 18.2 Å². The fourth-order valence-corrected chi connectivity index (χ4v) is 5.30. The molecule has 0 radical (unpaired) electrons. The molecule has 6 unspecified atom stereocenters. The Morgan fingerprint density at radius 2 is 2.09 bits per heavy atom. The summed E-state index contributed by atoms with van der Waals surface area (Å²) >= 11 is 0. The third-order valence-corrected chi connectivity index (χ3v) is 6.20. The number of phenols is 1. The van der Waals surface area contributed by atoms with Gasteiger partial charge < -0.3 is 20.1 Å². The molecule has 1 spiro atoms. The number of aliphatic hydroxyl groups is 2. The largest absolute Gasteiger partial charge is 0.504 e. The van der Waals surface area contributed by atoms with Crippen molar-refractivity contribution < 1.29 is 20.1 Å². The van der Waals surface area contributed by atoms with Crippen LogP contribution in [0.3, 0.4) is 0 Å². The first-order chi connectivity index (χ1) is 10.6. The van der Waals surface area contributed by atoms with E-state index in [1.165, 1.54) is 0 Å². The molecule has 2 aliphatic heterocycles. The van der Waals surface area contributed by atoms with E-state index in [1.54, 1.807) is 18.2 Å². The number of aliphatic hydroxyl groups excluding tert-OH is 2. The van der Waals surface area contributed by atoms with Crippen molar-refractivity contribution >= 4 is 0 Å². The fourth-order valence-electron chi connectivity index (χ4n) is 5.30. The summed E-state index contributed by atoms with van der Waals surface area (Å²) in [5.74, 6) is 0.639. The second kappa shape index (κ2) is 3.85. The molecule has 1 saturated heterocycles. The summed E-state index contributed by atoms with van der Waals surface area (Å²) in [6.45, 7) is 0.840. The first kappa shape index (κ1) is 12.9. The van der Waals surface area contributed by atoms with Crippen molar-refractivity contribution in [1.82, 2.24) is 4.90 Å². The van der Waals surface area contributed by atoms with Gasteiger partial charge in [-0.15, -0.1) is 0 Å². The van der Waals surface area contributed by atoms with E-state index in [-0.39, 0.29) is 29.2 Å². The van der Waals surface area contributed by atoms with E-state index in [0.29, 0.717) is 5.75 Å². The Morgan fingerprint density at radius 3 is 2.91 bits per heavy atom. The maximum absolute atomic E-state index is 10.9. The van der Waals surface area contributed by atoms with Crippen LogP contribution in [0.4, 0.5) is 0 Å². The van der Waals surface area contributed by atoms with Gasteiger partial charge in [-0.2, -0.15) is 0 Å². The van der Waals surface area contributed by atoms with E-state index in [0.717, 1.165) is 24.1 Å². The van der Waals surface area contributed by atoms with Gasteiger partial charge in [0.1, 0.15) is 12.2 Å². The zero-order chi connectivity index (χ0) is 15.2. The number of ether oxygens (including phenoxy) is 1. The van der Waals surface area contributed by atoms with Crippen LogP contribution in [0.25, 0.3) is 0 Å². The Balaban J connectivity index is 1.87. The lowest BCUT2D eigenvalue weighted by atomic mass is 9.52. The minimum atomic E-state index is -0.685. The van der Waals surface area contributed by atoms with Crippen LogP contribution >= 0.6 is 0 Å². The number of hydrogen-bond donors (Lipinski definition) is 3. The SMILES string of the molecule is CN1CCC23c4c5ccc(O)c4OC2C(O)C=CC3C1C5O. The Hall–Kier alpha value is -1.56. The second-order valence-corrected chi connectivity index (χ2v) is 7.02. The number of likely N-dealkylation sites (tertiary alicyclic amines) is 1. The summed E-state index contributed by atoms with van der Waals surface area (Å²) in [5, 5.41) is 31.6. The molecule has 4 aliphatic rings. The average Bonchev–Trinajstić information content (AvgIpc) is 2.85. The van der Waals surface area contributed by atoms with Crippen LogP contribution in [0.2, 0.25) is 0 Å². The molecule has 5 heteroatoms. The molecule has 6 atom stereocenters. The average molecular weight is 301 g/mol. The standard InChI is InChI=1S/C17H19NO4/c1-18-7-6-17-9-3-5-11(20)16(17)22-15-10(19)4-2-8(12(15)17)14(21)13(9)18/h2-5,9,11,13-14,16,19-21H,6-7H2,1H3. The molecule has 1 aromatic carbocycles. The quantitative estimate of drug-likeness (QED) is 0.615. The number of aromatic hydroxyl groups is 1. The van der Waals surface area contributed by atoms with Crippen LogP contribution in [0.5, 0.6) is 11.5 Å². The summed E-state index contributed by atoms with van der Waals surface area (Å²) in [6.07, 6.45) is 2.99. The predicted octanol–water partition coefficient (Wildman–Crippen LogP) is 0.689. The van der Waals surface area contributed by atoms with Crippen molar-refractivity contribution in [2.45, 2.75) is 36.2 Å². The second-order valence-electron chi connectivity index (χ2n) is 7.02. The van der Waals surface area contributed by atoms with E-state index in [9.17, 15) is 15.3 Å². The van der Waals surface area contributed by atoms with Crippen LogP contribution < -0.4 is 4.74 Å². The molecule has 5 nitrogen and oxygen atoms in total. The number of nitrogens with zero attached hydrogens (tertiary/aromatic N) is 1. The highest BCUT2D eigenvalue weighted by Crippen LogP contribution is 2.64. The normalized spacial score (nSPS) is 44.6. The van der Waals surface area contributed by atoms with Gasteiger partial charge >= 0.3 is 0 Å². The highest BCUT2D eigenvalue weighted by molar-refractivity contribution is 5.62. The Morgan fingerprint density at radius 1 is 1.27 bits per heavy atom. The van der Waals surface area contributed by atoms with Gasteiger partial charge in [0.15, 0.2) is 11.5 Å². The maximum Gasteiger partial charge on any atom is 0.165 e. The highest BCUT2D eigenvalue weighted by atomic mass is 16.5. The first-order valence-corrected chi connectivity index (χ1v) is 7.83. The predicted molar refractivity (Wildman–Crippen MR) is 78.8 cm³/mol. The topological polar surface area (TPSA) is 73.2 Å². The number of hydrogen-bond acceptors (Lipinski definition) is 5. The van der Waals surface area contributed by atoms with E-state index < -0.39 is 12.2 Å². The third-order valence-electron chi connectivity index (χ3n) is 6.20. The number of phenolic OH excluding ortho intramolecular Hbond substituents is 1. The monoisotopic (exact) mass is 301 g/mol. The van der Waals surface area contributed by atoms with Gasteiger partial charge in [0.25, 0.3) is 0 Å². The van der Waals surface area contributed by atoms with Crippen molar-refractivity contribution in [1.29, 1.82) is 0 Å². The Bertz CT molecular complexity index is 702. The molecular weight excluding hydrogens is 282 g/mol. The molecule has 2 heterocycles. The molecule has 116 valence electrons. The molecule has 0 aromatic heterocycles. The van der Waals surface area contributed by atoms with Gasteiger partial charge in [0.05, 0.1) is 6.10 Å². The lowest BCUT2D eigenvalue weighted by Crippen LogP contribution is -2.65.